The lowest BCUT2D eigenvalue weighted by molar-refractivity contribution is -0.137. The van der Waals surface area contributed by atoms with Crippen molar-refractivity contribution in [3.05, 3.63) is 64.7 Å². The van der Waals surface area contributed by atoms with Crippen molar-refractivity contribution in [3.8, 4) is 5.75 Å². The molecule has 2 rings (SSSR count). The lowest BCUT2D eigenvalue weighted by Gasteiger charge is -2.11. The number of carboxylic acids is 1. The Balaban J connectivity index is 1.93. The summed E-state index contributed by atoms with van der Waals surface area (Å²) >= 11 is 5.83. The smallest absolute Gasteiger partial charge is 0.303 e. The van der Waals surface area contributed by atoms with Crippen molar-refractivity contribution < 1.29 is 14.6 Å². The molecular weight excluding hydrogens is 288 g/mol. The van der Waals surface area contributed by atoms with Crippen molar-refractivity contribution in [1.29, 1.82) is 0 Å². The number of rotatable bonds is 6. The van der Waals surface area contributed by atoms with Crippen molar-refractivity contribution in [2.24, 2.45) is 0 Å². The van der Waals surface area contributed by atoms with E-state index < -0.39 is 5.97 Å². The summed E-state index contributed by atoms with van der Waals surface area (Å²) in [5.41, 5.74) is 2.04. The Morgan fingerprint density at radius 1 is 1.14 bits per heavy atom. The van der Waals surface area contributed by atoms with Gasteiger partial charge in [-0.25, -0.2) is 0 Å². The average Bonchev–Trinajstić information content (AvgIpc) is 2.46. The first-order chi connectivity index (χ1) is 10.0. The number of benzene rings is 2. The van der Waals surface area contributed by atoms with E-state index in [2.05, 4.69) is 0 Å². The van der Waals surface area contributed by atoms with Crippen LogP contribution in [0.1, 0.15) is 30.4 Å². The van der Waals surface area contributed by atoms with E-state index >= 15 is 0 Å². The maximum atomic E-state index is 10.7. The van der Waals surface area contributed by atoms with Crippen molar-refractivity contribution in [2.75, 3.05) is 0 Å². The number of carboxylic acid groups (broad SMARTS) is 1. The van der Waals surface area contributed by atoms with E-state index in [9.17, 15) is 4.79 Å². The SMILES string of the molecule is CC(CC(=O)O)c1ccc(OCc2ccc(Cl)cc2)cc1. The number of carbonyl (C=O) groups is 1. The van der Waals surface area contributed by atoms with E-state index in [4.69, 9.17) is 21.4 Å². The molecule has 1 unspecified atom stereocenters. The van der Waals surface area contributed by atoms with Crippen LogP contribution in [0.5, 0.6) is 5.75 Å². The molecule has 0 heterocycles. The van der Waals surface area contributed by atoms with E-state index in [0.29, 0.717) is 11.6 Å². The van der Waals surface area contributed by atoms with E-state index in [0.717, 1.165) is 16.9 Å². The highest BCUT2D eigenvalue weighted by Gasteiger charge is 2.10. The average molecular weight is 305 g/mol. The Morgan fingerprint density at radius 3 is 2.33 bits per heavy atom. The highest BCUT2D eigenvalue weighted by Crippen LogP contribution is 2.22. The number of aliphatic carboxylic acids is 1. The molecule has 0 aromatic heterocycles. The maximum absolute atomic E-state index is 10.7. The first-order valence-electron chi connectivity index (χ1n) is 6.73. The molecule has 0 spiro atoms. The first-order valence-corrected chi connectivity index (χ1v) is 7.11. The van der Waals surface area contributed by atoms with Crippen molar-refractivity contribution in [3.63, 3.8) is 0 Å². The quantitative estimate of drug-likeness (QED) is 0.855. The van der Waals surface area contributed by atoms with Crippen molar-refractivity contribution in [1.82, 2.24) is 0 Å². The third-order valence-corrected chi connectivity index (χ3v) is 3.50. The normalized spacial score (nSPS) is 11.9. The fourth-order valence-electron chi connectivity index (χ4n) is 2.02. The zero-order chi connectivity index (χ0) is 15.2. The molecule has 21 heavy (non-hydrogen) atoms. The van der Waals surface area contributed by atoms with E-state index in [1.54, 1.807) is 0 Å². The summed E-state index contributed by atoms with van der Waals surface area (Å²) in [6.45, 7) is 2.37. The van der Waals surface area contributed by atoms with Crippen LogP contribution in [0.25, 0.3) is 0 Å². The molecule has 0 radical (unpaired) electrons. The molecule has 0 saturated carbocycles. The van der Waals surface area contributed by atoms with E-state index in [-0.39, 0.29) is 12.3 Å². The summed E-state index contributed by atoms with van der Waals surface area (Å²) in [6, 6.07) is 15.0. The molecule has 0 aliphatic heterocycles. The van der Waals surface area contributed by atoms with Gasteiger partial charge in [-0.05, 0) is 41.3 Å². The summed E-state index contributed by atoms with van der Waals surface area (Å²) in [6.07, 6.45) is 0.130. The van der Waals surface area contributed by atoms with Gasteiger partial charge in [-0.1, -0.05) is 42.8 Å². The second kappa shape index (κ2) is 7.14. The van der Waals surface area contributed by atoms with Crippen LogP contribution in [0.15, 0.2) is 48.5 Å². The molecule has 0 aliphatic carbocycles. The molecule has 4 heteroatoms. The lowest BCUT2D eigenvalue weighted by Crippen LogP contribution is -2.02. The Labute approximate surface area is 129 Å². The molecule has 2 aromatic rings. The number of hydrogen-bond acceptors (Lipinski definition) is 2. The predicted molar refractivity (Wildman–Crippen MR) is 82.9 cm³/mol. The van der Waals surface area contributed by atoms with Gasteiger partial charge in [0.2, 0.25) is 0 Å². The third-order valence-electron chi connectivity index (χ3n) is 3.25. The third kappa shape index (κ3) is 4.80. The van der Waals surface area contributed by atoms with Gasteiger partial charge < -0.3 is 9.84 Å². The van der Waals surface area contributed by atoms with Crippen LogP contribution < -0.4 is 4.74 Å². The summed E-state index contributed by atoms with van der Waals surface area (Å²) in [5.74, 6) is -0.0328. The van der Waals surface area contributed by atoms with Crippen LogP contribution in [-0.2, 0) is 11.4 Å². The minimum atomic E-state index is -0.787. The van der Waals surface area contributed by atoms with Crippen molar-refractivity contribution in [2.45, 2.75) is 25.9 Å². The number of hydrogen-bond donors (Lipinski definition) is 1. The number of ether oxygens (including phenoxy) is 1. The lowest BCUT2D eigenvalue weighted by atomic mass is 9.98. The van der Waals surface area contributed by atoms with Crippen LogP contribution >= 0.6 is 11.6 Å². The van der Waals surface area contributed by atoms with Crippen LogP contribution in [0.3, 0.4) is 0 Å². The largest absolute Gasteiger partial charge is 0.489 e. The zero-order valence-corrected chi connectivity index (χ0v) is 12.5. The highest BCUT2D eigenvalue weighted by molar-refractivity contribution is 6.30. The maximum Gasteiger partial charge on any atom is 0.303 e. The van der Waals surface area contributed by atoms with Gasteiger partial charge in [-0.2, -0.15) is 0 Å². The molecule has 0 saturated heterocycles. The van der Waals surface area contributed by atoms with E-state index in [1.807, 2.05) is 55.5 Å². The van der Waals surface area contributed by atoms with Gasteiger partial charge in [0.25, 0.3) is 0 Å². The Morgan fingerprint density at radius 2 is 1.76 bits per heavy atom. The highest BCUT2D eigenvalue weighted by atomic mass is 35.5. The molecule has 0 aliphatic rings. The van der Waals surface area contributed by atoms with Crippen LogP contribution in [-0.4, -0.2) is 11.1 Å². The van der Waals surface area contributed by atoms with Gasteiger partial charge >= 0.3 is 5.97 Å². The van der Waals surface area contributed by atoms with Crippen molar-refractivity contribution >= 4 is 17.6 Å². The summed E-state index contributed by atoms with van der Waals surface area (Å²) in [7, 11) is 0. The first kappa shape index (κ1) is 15.4. The minimum absolute atomic E-state index is 0.00665. The summed E-state index contributed by atoms with van der Waals surface area (Å²) in [4.78, 5) is 10.7. The fourth-order valence-corrected chi connectivity index (χ4v) is 2.15. The Kier molecular flexibility index (Phi) is 5.23. The number of halogens is 1. The van der Waals surface area contributed by atoms with E-state index in [1.165, 1.54) is 0 Å². The standard InChI is InChI=1S/C17H17ClO3/c1-12(10-17(19)20)14-4-8-16(9-5-14)21-11-13-2-6-15(18)7-3-13/h2-9,12H,10-11H2,1H3,(H,19,20). The second-order valence-corrected chi connectivity index (χ2v) is 5.42. The molecule has 2 aromatic carbocycles. The second-order valence-electron chi connectivity index (χ2n) is 4.98. The zero-order valence-electron chi connectivity index (χ0n) is 11.8. The molecule has 1 N–H and O–H groups in total. The van der Waals surface area contributed by atoms with Crippen LogP contribution in [0, 0.1) is 0 Å². The predicted octanol–water partition coefficient (Wildman–Crippen LogP) is 4.50. The molecule has 1 atom stereocenters. The topological polar surface area (TPSA) is 46.5 Å². The summed E-state index contributed by atoms with van der Waals surface area (Å²) in [5, 5.41) is 9.50. The van der Waals surface area contributed by atoms with Gasteiger partial charge in [0.1, 0.15) is 12.4 Å². The molecule has 0 bridgehead atoms. The monoisotopic (exact) mass is 304 g/mol. The molecule has 3 nitrogen and oxygen atoms in total. The molecular formula is C17H17ClO3. The Hall–Kier alpha value is -2.00. The van der Waals surface area contributed by atoms with Crippen LogP contribution in [0.2, 0.25) is 5.02 Å². The van der Waals surface area contributed by atoms with Gasteiger partial charge in [-0.3, -0.25) is 4.79 Å². The van der Waals surface area contributed by atoms with Gasteiger partial charge in [0, 0.05) is 5.02 Å². The minimum Gasteiger partial charge on any atom is -0.489 e. The van der Waals surface area contributed by atoms with Gasteiger partial charge in [0.05, 0.1) is 6.42 Å². The Bertz CT molecular complexity index is 590. The molecule has 0 fully saturated rings. The summed E-state index contributed by atoms with van der Waals surface area (Å²) < 4.78 is 5.69. The van der Waals surface area contributed by atoms with Gasteiger partial charge in [0.15, 0.2) is 0 Å². The van der Waals surface area contributed by atoms with Gasteiger partial charge in [-0.15, -0.1) is 0 Å². The fraction of sp³-hybridized carbons (Fsp3) is 0.235. The molecule has 0 amide bonds. The molecule has 110 valence electrons. The van der Waals surface area contributed by atoms with Crippen LogP contribution in [0.4, 0.5) is 0 Å².